The summed E-state index contributed by atoms with van der Waals surface area (Å²) in [7, 11) is 0. The highest BCUT2D eigenvalue weighted by molar-refractivity contribution is 6.04. The SMILES string of the molecule is NOCCCCCNC(=O)c1ccc(NC(=O)c2ccc(CN(C(=O)c3ccc4c(c3)OCC(=O)N4)C3CC3)cc2)cc1. The average molecular weight is 586 g/mol. The van der Waals surface area contributed by atoms with Gasteiger partial charge in [0, 0.05) is 41.5 Å². The smallest absolute Gasteiger partial charge is 0.262 e. The minimum atomic E-state index is -0.276. The topological polar surface area (TPSA) is 152 Å². The van der Waals surface area contributed by atoms with Gasteiger partial charge in [-0.1, -0.05) is 12.1 Å². The molecule has 1 fully saturated rings. The minimum absolute atomic E-state index is 0.0765. The summed E-state index contributed by atoms with van der Waals surface area (Å²) in [5.41, 5.74) is 3.52. The molecule has 0 unspecified atom stereocenters. The Labute approximate surface area is 249 Å². The van der Waals surface area contributed by atoms with Crippen LogP contribution in [0.2, 0.25) is 0 Å². The highest BCUT2D eigenvalue weighted by atomic mass is 16.6. The number of benzene rings is 3. The van der Waals surface area contributed by atoms with Crippen LogP contribution in [-0.2, 0) is 16.2 Å². The molecule has 3 aromatic carbocycles. The number of nitrogens with one attached hydrogen (secondary N) is 3. The van der Waals surface area contributed by atoms with Crippen LogP contribution in [0.1, 0.15) is 68.7 Å². The average Bonchev–Trinajstić information content (AvgIpc) is 3.87. The van der Waals surface area contributed by atoms with Crippen LogP contribution in [0, 0.1) is 0 Å². The fourth-order valence-corrected chi connectivity index (χ4v) is 4.78. The highest BCUT2D eigenvalue weighted by Crippen LogP contribution is 2.33. The van der Waals surface area contributed by atoms with Gasteiger partial charge in [0.2, 0.25) is 0 Å². The normalized spacial score (nSPS) is 13.7. The van der Waals surface area contributed by atoms with Crippen LogP contribution in [0.5, 0.6) is 5.75 Å². The van der Waals surface area contributed by atoms with E-state index >= 15 is 0 Å². The number of hydrogen-bond donors (Lipinski definition) is 4. The lowest BCUT2D eigenvalue weighted by Gasteiger charge is -2.24. The Balaban J connectivity index is 1.14. The van der Waals surface area contributed by atoms with Crippen molar-refractivity contribution in [3.05, 3.63) is 89.0 Å². The zero-order chi connectivity index (χ0) is 30.2. The second kappa shape index (κ2) is 14.0. The summed E-state index contributed by atoms with van der Waals surface area (Å²) in [4.78, 5) is 56.5. The Hall–Kier alpha value is -4.74. The van der Waals surface area contributed by atoms with Crippen molar-refractivity contribution in [1.82, 2.24) is 10.2 Å². The van der Waals surface area contributed by atoms with E-state index in [-0.39, 0.29) is 36.3 Å². The Kier molecular flexibility index (Phi) is 9.65. The van der Waals surface area contributed by atoms with Gasteiger partial charge >= 0.3 is 0 Å². The summed E-state index contributed by atoms with van der Waals surface area (Å²) in [6, 6.07) is 19.1. The maximum atomic E-state index is 13.4. The van der Waals surface area contributed by atoms with Gasteiger partial charge in [0.05, 0.1) is 12.3 Å². The number of nitrogens with zero attached hydrogens (tertiary/aromatic N) is 1. The van der Waals surface area contributed by atoms with Crippen molar-refractivity contribution in [1.29, 1.82) is 0 Å². The van der Waals surface area contributed by atoms with Crippen molar-refractivity contribution in [3.63, 3.8) is 0 Å². The van der Waals surface area contributed by atoms with Crippen molar-refractivity contribution in [2.45, 2.75) is 44.7 Å². The Morgan fingerprint density at radius 1 is 0.907 bits per heavy atom. The molecule has 0 saturated heterocycles. The number of hydrogen-bond acceptors (Lipinski definition) is 7. The first kappa shape index (κ1) is 29.7. The molecule has 3 aromatic rings. The fourth-order valence-electron chi connectivity index (χ4n) is 4.78. The molecule has 5 N–H and O–H groups in total. The number of carbonyl (C=O) groups excluding carboxylic acids is 4. The van der Waals surface area contributed by atoms with E-state index in [9.17, 15) is 19.2 Å². The van der Waals surface area contributed by atoms with Crippen molar-refractivity contribution in [3.8, 4) is 5.75 Å². The van der Waals surface area contributed by atoms with Crippen LogP contribution in [0.3, 0.4) is 0 Å². The number of ether oxygens (including phenoxy) is 1. The van der Waals surface area contributed by atoms with Gasteiger partial charge in [0.15, 0.2) is 6.61 Å². The van der Waals surface area contributed by atoms with Crippen molar-refractivity contribution < 1.29 is 28.8 Å². The summed E-state index contributed by atoms with van der Waals surface area (Å²) in [6.45, 7) is 1.40. The van der Waals surface area contributed by atoms with Crippen LogP contribution >= 0.6 is 0 Å². The summed E-state index contributed by atoms with van der Waals surface area (Å²) >= 11 is 0. The van der Waals surface area contributed by atoms with Crippen LogP contribution in [-0.4, -0.2) is 54.3 Å². The molecular formula is C32H35N5O6. The number of carbonyl (C=O) groups is 4. The van der Waals surface area contributed by atoms with Crippen molar-refractivity contribution in [2.24, 2.45) is 5.90 Å². The van der Waals surface area contributed by atoms with Gasteiger partial charge in [0.25, 0.3) is 23.6 Å². The van der Waals surface area contributed by atoms with Crippen LogP contribution in [0.4, 0.5) is 11.4 Å². The number of rotatable bonds is 13. The molecule has 11 heteroatoms. The minimum Gasteiger partial charge on any atom is -0.482 e. The zero-order valence-electron chi connectivity index (χ0n) is 23.8. The summed E-state index contributed by atoms with van der Waals surface area (Å²) in [5, 5.41) is 8.47. The summed E-state index contributed by atoms with van der Waals surface area (Å²) in [5.74, 6) is 4.70. The third-order valence-electron chi connectivity index (χ3n) is 7.31. The van der Waals surface area contributed by atoms with E-state index in [0.29, 0.717) is 53.5 Å². The molecule has 0 spiro atoms. The predicted octanol–water partition coefficient (Wildman–Crippen LogP) is 3.87. The first-order valence-corrected chi connectivity index (χ1v) is 14.4. The van der Waals surface area contributed by atoms with E-state index in [0.717, 1.165) is 37.7 Å². The first-order valence-electron chi connectivity index (χ1n) is 14.4. The molecule has 43 heavy (non-hydrogen) atoms. The van der Waals surface area contributed by atoms with E-state index in [2.05, 4.69) is 20.8 Å². The van der Waals surface area contributed by atoms with Crippen LogP contribution < -0.4 is 26.6 Å². The molecule has 0 aromatic heterocycles. The van der Waals surface area contributed by atoms with Crippen LogP contribution in [0.15, 0.2) is 66.7 Å². The van der Waals surface area contributed by atoms with Crippen LogP contribution in [0.25, 0.3) is 0 Å². The molecule has 0 atom stereocenters. The van der Waals surface area contributed by atoms with E-state index in [4.69, 9.17) is 10.6 Å². The molecule has 11 nitrogen and oxygen atoms in total. The van der Waals surface area contributed by atoms with Crippen molar-refractivity contribution >= 4 is 35.0 Å². The molecule has 224 valence electrons. The second-order valence-corrected chi connectivity index (χ2v) is 10.6. The maximum absolute atomic E-state index is 13.4. The number of fused-ring (bicyclic) bond motifs is 1. The van der Waals surface area contributed by atoms with E-state index in [1.807, 2.05) is 17.0 Å². The van der Waals surface area contributed by atoms with Gasteiger partial charge < -0.3 is 30.4 Å². The Morgan fingerprint density at radius 2 is 1.60 bits per heavy atom. The van der Waals surface area contributed by atoms with Gasteiger partial charge in [-0.05, 0) is 92.3 Å². The Bertz CT molecular complexity index is 1470. The maximum Gasteiger partial charge on any atom is 0.262 e. The lowest BCUT2D eigenvalue weighted by molar-refractivity contribution is -0.118. The largest absolute Gasteiger partial charge is 0.482 e. The third kappa shape index (κ3) is 7.97. The number of nitrogens with two attached hydrogens (primary N) is 1. The molecule has 1 saturated carbocycles. The molecular weight excluding hydrogens is 550 g/mol. The molecule has 4 amide bonds. The first-order chi connectivity index (χ1) is 20.9. The fraction of sp³-hybridized carbons (Fsp3) is 0.312. The quantitative estimate of drug-likeness (QED) is 0.176. The summed E-state index contributed by atoms with van der Waals surface area (Å²) < 4.78 is 5.48. The standard InChI is InChI=1S/C32H35N5O6/c33-43-17-3-1-2-16-34-30(39)22-8-11-25(12-9-22)35-31(40)23-6-4-21(5-7-23)19-37(26-13-14-26)32(41)24-10-15-27-28(18-24)42-20-29(38)36-27/h4-12,15,18,26H,1-3,13-14,16-17,19-20,33H2,(H,34,39)(H,35,40)(H,36,38). The third-order valence-corrected chi connectivity index (χ3v) is 7.31. The molecule has 1 heterocycles. The molecule has 1 aliphatic carbocycles. The van der Waals surface area contributed by atoms with E-state index in [1.165, 1.54) is 0 Å². The lowest BCUT2D eigenvalue weighted by Crippen LogP contribution is -2.33. The predicted molar refractivity (Wildman–Crippen MR) is 161 cm³/mol. The van der Waals surface area contributed by atoms with Crippen molar-refractivity contribution in [2.75, 3.05) is 30.4 Å². The summed E-state index contributed by atoms with van der Waals surface area (Å²) in [6.07, 6.45) is 4.47. The lowest BCUT2D eigenvalue weighted by atomic mass is 10.1. The molecule has 0 radical (unpaired) electrons. The molecule has 0 bridgehead atoms. The van der Waals surface area contributed by atoms with Gasteiger partial charge in [0.1, 0.15) is 5.75 Å². The zero-order valence-corrected chi connectivity index (χ0v) is 23.8. The molecule has 5 rings (SSSR count). The Morgan fingerprint density at radius 3 is 2.33 bits per heavy atom. The van der Waals surface area contributed by atoms with Gasteiger partial charge in [-0.2, -0.15) is 0 Å². The van der Waals surface area contributed by atoms with Gasteiger partial charge in [-0.25, -0.2) is 5.90 Å². The number of amides is 4. The monoisotopic (exact) mass is 585 g/mol. The van der Waals surface area contributed by atoms with E-state index in [1.54, 1.807) is 54.6 Å². The number of anilines is 2. The van der Waals surface area contributed by atoms with E-state index < -0.39 is 0 Å². The number of unbranched alkanes of at least 4 members (excludes halogenated alkanes) is 2. The highest BCUT2D eigenvalue weighted by Gasteiger charge is 2.33. The van der Waals surface area contributed by atoms with Gasteiger partial charge in [-0.15, -0.1) is 0 Å². The molecule has 1 aliphatic heterocycles. The van der Waals surface area contributed by atoms with Gasteiger partial charge in [-0.3, -0.25) is 19.2 Å². The molecule has 2 aliphatic rings. The second-order valence-electron chi connectivity index (χ2n) is 10.6.